The molecule has 0 bridgehead atoms. The summed E-state index contributed by atoms with van der Waals surface area (Å²) in [6.45, 7) is 5.17. The summed E-state index contributed by atoms with van der Waals surface area (Å²) in [6.07, 6.45) is -2.72. The molecular formula is C14H19ClF3N. The second kappa shape index (κ2) is 7.04. The van der Waals surface area contributed by atoms with Crippen LogP contribution in [0.4, 0.5) is 18.9 Å². The summed E-state index contributed by atoms with van der Waals surface area (Å²) in [5, 5.41) is 0. The van der Waals surface area contributed by atoms with E-state index in [1.54, 1.807) is 11.0 Å². The Bertz CT molecular complexity index is 398. The molecule has 19 heavy (non-hydrogen) atoms. The summed E-state index contributed by atoms with van der Waals surface area (Å²) in [7, 11) is 0. The van der Waals surface area contributed by atoms with E-state index in [1.807, 2.05) is 13.8 Å². The average Bonchev–Trinajstić information content (AvgIpc) is 2.37. The van der Waals surface area contributed by atoms with Crippen LogP contribution in [0.15, 0.2) is 18.2 Å². The van der Waals surface area contributed by atoms with Crippen molar-refractivity contribution in [2.24, 2.45) is 0 Å². The standard InChI is InChI=1S/C14H19ClF3N/c1-3-7-19(8-4-2)13-6-5-11(10-15)9-12(13)14(16,17)18/h5-6,9H,3-4,7-8,10H2,1-2H3. The minimum atomic E-state index is -4.35. The summed E-state index contributed by atoms with van der Waals surface area (Å²) in [6, 6.07) is 4.35. The van der Waals surface area contributed by atoms with E-state index in [9.17, 15) is 13.2 Å². The largest absolute Gasteiger partial charge is 0.418 e. The minimum Gasteiger partial charge on any atom is -0.371 e. The third kappa shape index (κ3) is 4.30. The van der Waals surface area contributed by atoms with Crippen molar-refractivity contribution in [1.29, 1.82) is 0 Å². The molecule has 0 saturated carbocycles. The maximum atomic E-state index is 13.1. The van der Waals surface area contributed by atoms with E-state index in [-0.39, 0.29) is 11.6 Å². The number of hydrogen-bond acceptors (Lipinski definition) is 1. The first-order valence-corrected chi connectivity index (χ1v) is 6.98. The summed E-state index contributed by atoms with van der Waals surface area (Å²) in [4.78, 5) is 1.79. The molecule has 1 aromatic rings. The van der Waals surface area contributed by atoms with Crippen LogP contribution in [0.1, 0.15) is 37.8 Å². The highest BCUT2D eigenvalue weighted by atomic mass is 35.5. The Hall–Kier alpha value is -0.900. The number of benzene rings is 1. The van der Waals surface area contributed by atoms with Crippen LogP contribution in [0.2, 0.25) is 0 Å². The summed E-state index contributed by atoms with van der Waals surface area (Å²) >= 11 is 5.62. The van der Waals surface area contributed by atoms with Gasteiger partial charge >= 0.3 is 6.18 Å². The molecule has 0 saturated heterocycles. The fourth-order valence-corrected chi connectivity index (χ4v) is 2.23. The van der Waals surface area contributed by atoms with Gasteiger partial charge in [-0.2, -0.15) is 13.2 Å². The summed E-state index contributed by atoms with van der Waals surface area (Å²) in [5.74, 6) is 0.0882. The van der Waals surface area contributed by atoms with Gasteiger partial charge in [0.15, 0.2) is 0 Å². The predicted molar refractivity (Wildman–Crippen MR) is 73.8 cm³/mol. The Morgan fingerprint density at radius 3 is 2.11 bits per heavy atom. The molecule has 0 amide bonds. The first-order chi connectivity index (χ1) is 8.93. The number of rotatable bonds is 6. The van der Waals surface area contributed by atoms with E-state index < -0.39 is 11.7 Å². The van der Waals surface area contributed by atoms with Crippen LogP contribution in [0, 0.1) is 0 Å². The zero-order chi connectivity index (χ0) is 14.5. The van der Waals surface area contributed by atoms with Crippen molar-refractivity contribution in [2.45, 2.75) is 38.7 Å². The van der Waals surface area contributed by atoms with Gasteiger partial charge in [-0.15, -0.1) is 11.6 Å². The second-order valence-electron chi connectivity index (χ2n) is 4.47. The maximum absolute atomic E-state index is 13.1. The quantitative estimate of drug-likeness (QED) is 0.662. The molecule has 0 N–H and O–H groups in total. The third-order valence-corrected chi connectivity index (χ3v) is 3.16. The van der Waals surface area contributed by atoms with E-state index in [1.165, 1.54) is 6.07 Å². The Labute approximate surface area is 117 Å². The Morgan fingerprint density at radius 2 is 1.68 bits per heavy atom. The lowest BCUT2D eigenvalue weighted by Gasteiger charge is -2.27. The van der Waals surface area contributed by atoms with Gasteiger partial charge in [0.25, 0.3) is 0 Å². The van der Waals surface area contributed by atoms with Gasteiger partial charge in [0, 0.05) is 24.7 Å². The molecule has 0 aromatic heterocycles. The second-order valence-corrected chi connectivity index (χ2v) is 4.74. The molecule has 0 aliphatic heterocycles. The maximum Gasteiger partial charge on any atom is 0.418 e. The Morgan fingerprint density at radius 1 is 1.11 bits per heavy atom. The molecule has 5 heteroatoms. The van der Waals surface area contributed by atoms with Crippen LogP contribution in [0.3, 0.4) is 0 Å². The van der Waals surface area contributed by atoms with Gasteiger partial charge in [0.2, 0.25) is 0 Å². The van der Waals surface area contributed by atoms with Crippen LogP contribution in [0.25, 0.3) is 0 Å². The molecule has 0 radical (unpaired) electrons. The van der Waals surface area contributed by atoms with Crippen LogP contribution in [-0.2, 0) is 12.1 Å². The first kappa shape index (κ1) is 16.2. The monoisotopic (exact) mass is 293 g/mol. The Balaban J connectivity index is 3.23. The highest BCUT2D eigenvalue weighted by molar-refractivity contribution is 6.17. The van der Waals surface area contributed by atoms with Crippen LogP contribution >= 0.6 is 11.6 Å². The third-order valence-electron chi connectivity index (χ3n) is 2.85. The van der Waals surface area contributed by atoms with Crippen molar-refractivity contribution in [3.05, 3.63) is 29.3 Å². The molecule has 1 aromatic carbocycles. The topological polar surface area (TPSA) is 3.24 Å². The van der Waals surface area contributed by atoms with Gasteiger partial charge in [-0.3, -0.25) is 0 Å². The van der Waals surface area contributed by atoms with E-state index in [2.05, 4.69) is 0 Å². The SMILES string of the molecule is CCCN(CCC)c1ccc(CCl)cc1C(F)(F)F. The molecule has 0 heterocycles. The molecule has 108 valence electrons. The molecular weight excluding hydrogens is 275 g/mol. The molecule has 1 rings (SSSR count). The fraction of sp³-hybridized carbons (Fsp3) is 0.571. The fourth-order valence-electron chi connectivity index (χ4n) is 2.06. The number of hydrogen-bond donors (Lipinski definition) is 0. The molecule has 0 fully saturated rings. The van der Waals surface area contributed by atoms with Crippen molar-refractivity contribution in [1.82, 2.24) is 0 Å². The Kier molecular flexibility index (Phi) is 5.98. The van der Waals surface area contributed by atoms with Crippen LogP contribution in [-0.4, -0.2) is 13.1 Å². The van der Waals surface area contributed by atoms with Gasteiger partial charge in [-0.05, 0) is 30.5 Å². The van der Waals surface area contributed by atoms with Crippen molar-refractivity contribution in [3.63, 3.8) is 0 Å². The number of anilines is 1. The van der Waals surface area contributed by atoms with Gasteiger partial charge in [0.1, 0.15) is 0 Å². The number of nitrogens with zero attached hydrogens (tertiary/aromatic N) is 1. The van der Waals surface area contributed by atoms with Crippen LogP contribution in [0.5, 0.6) is 0 Å². The molecule has 1 nitrogen and oxygen atoms in total. The molecule has 0 spiro atoms. The number of alkyl halides is 4. The van der Waals surface area contributed by atoms with Crippen LogP contribution < -0.4 is 4.90 Å². The van der Waals surface area contributed by atoms with E-state index >= 15 is 0 Å². The van der Waals surface area contributed by atoms with Crippen molar-refractivity contribution < 1.29 is 13.2 Å². The van der Waals surface area contributed by atoms with Crippen molar-refractivity contribution in [2.75, 3.05) is 18.0 Å². The van der Waals surface area contributed by atoms with Gasteiger partial charge in [0.05, 0.1) is 5.56 Å². The molecule has 0 aliphatic rings. The minimum absolute atomic E-state index is 0.0882. The van der Waals surface area contributed by atoms with E-state index in [0.717, 1.165) is 18.9 Å². The average molecular weight is 294 g/mol. The lowest BCUT2D eigenvalue weighted by atomic mass is 10.1. The van der Waals surface area contributed by atoms with E-state index in [4.69, 9.17) is 11.6 Å². The van der Waals surface area contributed by atoms with Gasteiger partial charge in [-0.1, -0.05) is 19.9 Å². The zero-order valence-corrected chi connectivity index (χ0v) is 12.0. The van der Waals surface area contributed by atoms with E-state index in [0.29, 0.717) is 18.7 Å². The zero-order valence-electron chi connectivity index (χ0n) is 11.2. The van der Waals surface area contributed by atoms with Gasteiger partial charge < -0.3 is 4.90 Å². The molecule has 0 atom stereocenters. The lowest BCUT2D eigenvalue weighted by molar-refractivity contribution is -0.137. The molecule has 0 aliphatic carbocycles. The van der Waals surface area contributed by atoms with Crippen molar-refractivity contribution in [3.8, 4) is 0 Å². The lowest BCUT2D eigenvalue weighted by Crippen LogP contribution is -2.27. The predicted octanol–water partition coefficient (Wildman–Crippen LogP) is 5.07. The summed E-state index contributed by atoms with van der Waals surface area (Å²) < 4.78 is 39.4. The highest BCUT2D eigenvalue weighted by Crippen LogP contribution is 2.37. The van der Waals surface area contributed by atoms with Crippen molar-refractivity contribution >= 4 is 17.3 Å². The normalized spacial score (nSPS) is 11.7. The first-order valence-electron chi connectivity index (χ1n) is 6.45. The van der Waals surface area contributed by atoms with Gasteiger partial charge in [-0.25, -0.2) is 0 Å². The summed E-state index contributed by atoms with van der Waals surface area (Å²) in [5.41, 5.74) is 0.156. The highest BCUT2D eigenvalue weighted by Gasteiger charge is 2.34. The smallest absolute Gasteiger partial charge is 0.371 e. The molecule has 0 unspecified atom stereocenters. The number of halogens is 4.